The van der Waals surface area contributed by atoms with Crippen LogP contribution in [-0.2, 0) is 22.4 Å². The van der Waals surface area contributed by atoms with Crippen LogP contribution in [0, 0.1) is 11.8 Å². The maximum absolute atomic E-state index is 14.8. The lowest BCUT2D eigenvalue weighted by atomic mass is 9.89. The molecule has 2 aliphatic rings. The van der Waals surface area contributed by atoms with Gasteiger partial charge < -0.3 is 9.80 Å². The number of halogens is 4. The van der Waals surface area contributed by atoms with E-state index < -0.39 is 23.7 Å². The average molecular weight is 505 g/mol. The molecule has 2 aromatic carbocycles. The Hall–Kier alpha value is -2.90. The molecule has 8 heteroatoms. The molecule has 2 aromatic rings. The molecule has 0 unspecified atom stereocenters. The largest absolute Gasteiger partial charge is 0.395 e. The van der Waals surface area contributed by atoms with Crippen molar-refractivity contribution in [2.75, 3.05) is 26.2 Å². The molecule has 4 nitrogen and oxygen atoms in total. The van der Waals surface area contributed by atoms with Gasteiger partial charge in [0.15, 0.2) is 0 Å². The van der Waals surface area contributed by atoms with Crippen LogP contribution in [0.4, 0.5) is 17.6 Å². The summed E-state index contributed by atoms with van der Waals surface area (Å²) in [6, 6.07) is 19.4. The van der Waals surface area contributed by atoms with Gasteiger partial charge in [-0.3, -0.25) is 9.59 Å². The van der Waals surface area contributed by atoms with Gasteiger partial charge in [-0.15, -0.1) is 0 Å². The number of hydrogen-bond acceptors (Lipinski definition) is 2. The van der Waals surface area contributed by atoms with Crippen molar-refractivity contribution in [1.82, 2.24) is 9.80 Å². The Labute approximate surface area is 209 Å². The number of hydrogen-bond donors (Lipinski definition) is 0. The Morgan fingerprint density at radius 2 is 0.917 bits per heavy atom. The molecule has 2 aliphatic heterocycles. The van der Waals surface area contributed by atoms with E-state index in [1.165, 1.54) is 0 Å². The van der Waals surface area contributed by atoms with Gasteiger partial charge in [0.05, 0.1) is 0 Å². The van der Waals surface area contributed by atoms with Crippen LogP contribution in [0.1, 0.15) is 36.8 Å². The second-order valence-electron chi connectivity index (χ2n) is 10.00. The molecule has 2 fully saturated rings. The van der Waals surface area contributed by atoms with E-state index in [4.69, 9.17) is 0 Å². The average Bonchev–Trinajstić information content (AvgIpc) is 2.90. The summed E-state index contributed by atoms with van der Waals surface area (Å²) in [7, 11) is 0. The summed E-state index contributed by atoms with van der Waals surface area (Å²) in [5.74, 6) is -13.7. The van der Waals surface area contributed by atoms with Crippen LogP contribution in [0.2, 0.25) is 0 Å². The van der Waals surface area contributed by atoms with E-state index in [-0.39, 0.29) is 38.0 Å². The minimum Gasteiger partial charge on any atom is -0.337 e. The number of carbonyl (C=O) groups is 2. The molecule has 0 spiro atoms. The van der Waals surface area contributed by atoms with Crippen LogP contribution in [0.5, 0.6) is 0 Å². The quantitative estimate of drug-likeness (QED) is 0.485. The monoisotopic (exact) mass is 504 g/mol. The highest BCUT2D eigenvalue weighted by Gasteiger charge is 2.68. The summed E-state index contributed by atoms with van der Waals surface area (Å²) >= 11 is 0. The smallest absolute Gasteiger partial charge is 0.337 e. The molecule has 0 bridgehead atoms. The molecule has 36 heavy (non-hydrogen) atoms. The molecule has 0 aliphatic carbocycles. The molecule has 2 saturated heterocycles. The molecule has 0 aromatic heterocycles. The summed E-state index contributed by atoms with van der Waals surface area (Å²) < 4.78 is 59.2. The minimum atomic E-state index is -5.09. The minimum absolute atomic E-state index is 0.0267. The molecular weight excluding hydrogens is 472 g/mol. The predicted octanol–water partition coefficient (Wildman–Crippen LogP) is 5.22. The lowest BCUT2D eigenvalue weighted by Gasteiger charge is -2.38. The number of likely N-dealkylation sites (tertiary alicyclic amines) is 2. The van der Waals surface area contributed by atoms with E-state index in [1.807, 2.05) is 60.7 Å². The van der Waals surface area contributed by atoms with Crippen molar-refractivity contribution in [2.24, 2.45) is 11.8 Å². The summed E-state index contributed by atoms with van der Waals surface area (Å²) in [5.41, 5.74) is 2.22. The highest BCUT2D eigenvalue weighted by Crippen LogP contribution is 2.39. The van der Waals surface area contributed by atoms with Crippen LogP contribution < -0.4 is 0 Å². The van der Waals surface area contributed by atoms with Gasteiger partial charge in [0, 0.05) is 26.2 Å². The first kappa shape index (κ1) is 26.2. The Balaban J connectivity index is 1.30. The zero-order valence-electron chi connectivity index (χ0n) is 20.2. The van der Waals surface area contributed by atoms with Gasteiger partial charge in [0.2, 0.25) is 0 Å². The summed E-state index contributed by atoms with van der Waals surface area (Å²) in [5, 5.41) is 0. The van der Waals surface area contributed by atoms with Crippen LogP contribution in [0.15, 0.2) is 60.7 Å². The van der Waals surface area contributed by atoms with Crippen LogP contribution in [-0.4, -0.2) is 59.6 Å². The van der Waals surface area contributed by atoms with Gasteiger partial charge in [-0.2, -0.15) is 17.6 Å². The summed E-state index contributed by atoms with van der Waals surface area (Å²) in [6.07, 6.45) is 3.29. The first-order chi connectivity index (χ1) is 17.2. The lowest BCUT2D eigenvalue weighted by molar-refractivity contribution is -0.224. The second-order valence-corrected chi connectivity index (χ2v) is 10.00. The topological polar surface area (TPSA) is 40.6 Å². The molecule has 0 N–H and O–H groups in total. The Morgan fingerprint density at radius 3 is 1.22 bits per heavy atom. The Morgan fingerprint density at radius 1 is 0.611 bits per heavy atom. The van der Waals surface area contributed by atoms with Crippen molar-refractivity contribution >= 4 is 11.8 Å². The molecule has 0 saturated carbocycles. The van der Waals surface area contributed by atoms with Crippen molar-refractivity contribution in [2.45, 2.75) is 50.4 Å². The first-order valence-electron chi connectivity index (χ1n) is 12.6. The normalized spacial score (nSPS) is 18.3. The van der Waals surface area contributed by atoms with Crippen LogP contribution in [0.25, 0.3) is 0 Å². The van der Waals surface area contributed by atoms with Gasteiger partial charge >= 0.3 is 11.8 Å². The Bertz CT molecular complexity index is 933. The molecule has 0 radical (unpaired) electrons. The molecule has 0 atom stereocenters. The molecule has 2 amide bonds. The third kappa shape index (κ3) is 5.73. The molecule has 194 valence electrons. The third-order valence-electron chi connectivity index (χ3n) is 7.47. The number of amides is 2. The van der Waals surface area contributed by atoms with Crippen molar-refractivity contribution < 1.29 is 27.2 Å². The fraction of sp³-hybridized carbons (Fsp3) is 0.500. The number of benzene rings is 2. The van der Waals surface area contributed by atoms with E-state index in [1.54, 1.807) is 0 Å². The third-order valence-corrected chi connectivity index (χ3v) is 7.47. The van der Waals surface area contributed by atoms with Gasteiger partial charge in [0.1, 0.15) is 0 Å². The van der Waals surface area contributed by atoms with E-state index >= 15 is 0 Å². The van der Waals surface area contributed by atoms with Crippen molar-refractivity contribution in [3.63, 3.8) is 0 Å². The number of carbonyl (C=O) groups excluding carboxylic acids is 2. The first-order valence-corrected chi connectivity index (χ1v) is 12.6. The van der Waals surface area contributed by atoms with E-state index in [0.717, 1.165) is 33.8 Å². The number of alkyl halides is 4. The predicted molar refractivity (Wildman–Crippen MR) is 129 cm³/mol. The molecule has 2 heterocycles. The van der Waals surface area contributed by atoms with Gasteiger partial charge in [0.25, 0.3) is 11.8 Å². The van der Waals surface area contributed by atoms with E-state index in [2.05, 4.69) is 0 Å². The zero-order chi connectivity index (χ0) is 25.8. The van der Waals surface area contributed by atoms with Crippen molar-refractivity contribution in [1.29, 1.82) is 0 Å². The SMILES string of the molecule is O=C(N1CCC(Cc2ccccc2)CC1)C(F)(F)C(F)(F)C(=O)N1CCC(Cc2ccccc2)CC1. The maximum Gasteiger partial charge on any atom is 0.395 e. The number of nitrogens with zero attached hydrogens (tertiary/aromatic N) is 2. The summed E-state index contributed by atoms with van der Waals surface area (Å²) in [4.78, 5) is 26.6. The fourth-order valence-electron chi connectivity index (χ4n) is 5.24. The molecule has 4 rings (SSSR count). The highest BCUT2D eigenvalue weighted by atomic mass is 19.3. The molecular formula is C28H32F4N2O2. The van der Waals surface area contributed by atoms with Crippen LogP contribution in [0.3, 0.4) is 0 Å². The maximum atomic E-state index is 14.8. The van der Waals surface area contributed by atoms with Crippen LogP contribution >= 0.6 is 0 Å². The van der Waals surface area contributed by atoms with E-state index in [0.29, 0.717) is 25.7 Å². The van der Waals surface area contributed by atoms with Gasteiger partial charge in [-0.1, -0.05) is 60.7 Å². The highest BCUT2D eigenvalue weighted by molar-refractivity contribution is 5.95. The summed E-state index contributed by atoms with van der Waals surface area (Å²) in [6.45, 7) is -0.107. The van der Waals surface area contributed by atoms with Crippen molar-refractivity contribution in [3.8, 4) is 0 Å². The van der Waals surface area contributed by atoms with E-state index in [9.17, 15) is 27.2 Å². The fourth-order valence-corrected chi connectivity index (χ4v) is 5.24. The van der Waals surface area contributed by atoms with Gasteiger partial charge in [-0.05, 0) is 61.5 Å². The van der Waals surface area contributed by atoms with Gasteiger partial charge in [-0.25, -0.2) is 0 Å². The second kappa shape index (κ2) is 11.0. The number of rotatable bonds is 7. The lowest BCUT2D eigenvalue weighted by Crippen LogP contribution is -2.62. The Kier molecular flexibility index (Phi) is 8.00. The van der Waals surface area contributed by atoms with Crippen molar-refractivity contribution in [3.05, 3.63) is 71.8 Å². The standard InChI is InChI=1S/C28H32F4N2O2/c29-27(30,25(35)33-15-11-23(12-16-33)19-21-7-3-1-4-8-21)28(31,32)26(36)34-17-13-24(14-18-34)20-22-9-5-2-6-10-22/h1-10,23-24H,11-20H2. The number of piperidine rings is 2. The zero-order valence-corrected chi connectivity index (χ0v) is 20.2.